The van der Waals surface area contributed by atoms with Crippen LogP contribution in [0.4, 0.5) is 0 Å². The third-order valence-electron chi connectivity index (χ3n) is 5.73. The zero-order chi connectivity index (χ0) is 20.0. The van der Waals surface area contributed by atoms with Crippen molar-refractivity contribution in [2.45, 2.75) is 83.1 Å². The van der Waals surface area contributed by atoms with Gasteiger partial charge in [-0.1, -0.05) is 71.9 Å². The van der Waals surface area contributed by atoms with Crippen molar-refractivity contribution in [3.63, 3.8) is 0 Å². The topological polar surface area (TPSA) is 47.9 Å². The molecule has 5 heteroatoms. The molecule has 0 amide bonds. The van der Waals surface area contributed by atoms with Crippen LogP contribution in [-0.2, 0) is 20.5 Å². The molecule has 152 valence electrons. The Hall–Kier alpha value is -1.14. The molecule has 0 saturated carbocycles. The summed E-state index contributed by atoms with van der Waals surface area (Å²) in [6.45, 7) is 14.4. The molecule has 1 aliphatic rings. The fourth-order valence-electron chi connectivity index (χ4n) is 4.41. The van der Waals surface area contributed by atoms with E-state index in [1.165, 1.54) is 0 Å². The second kappa shape index (κ2) is 9.87. The zero-order valence-corrected chi connectivity index (χ0v) is 18.6. The normalized spacial score (nSPS) is 23.3. The van der Waals surface area contributed by atoms with E-state index in [4.69, 9.17) is 13.9 Å². The lowest BCUT2D eigenvalue weighted by atomic mass is 10.1. The first-order valence-electron chi connectivity index (χ1n) is 10.1. The van der Waals surface area contributed by atoms with Gasteiger partial charge in [-0.2, -0.15) is 0 Å². The number of ether oxygens (including phenoxy) is 2. The lowest BCUT2D eigenvalue weighted by Crippen LogP contribution is -2.52. The highest BCUT2D eigenvalue weighted by Crippen LogP contribution is 2.42. The highest BCUT2D eigenvalue weighted by atomic mass is 28.4. The highest BCUT2D eigenvalue weighted by molar-refractivity contribution is 6.77. The second-order valence-electron chi connectivity index (χ2n) is 8.38. The summed E-state index contributed by atoms with van der Waals surface area (Å²) >= 11 is 0. The van der Waals surface area contributed by atoms with Crippen LogP contribution >= 0.6 is 0 Å². The molecule has 3 atom stereocenters. The molecule has 0 bridgehead atoms. The first-order chi connectivity index (χ1) is 12.8. The summed E-state index contributed by atoms with van der Waals surface area (Å²) in [6, 6.07) is 9.99. The van der Waals surface area contributed by atoms with Crippen LogP contribution in [0.15, 0.2) is 42.7 Å². The van der Waals surface area contributed by atoms with Gasteiger partial charge in [0.05, 0.1) is 19.5 Å². The van der Waals surface area contributed by atoms with Gasteiger partial charge in [0.25, 0.3) is 0 Å². The quantitative estimate of drug-likeness (QED) is 0.598. The molecular weight excluding hydrogens is 356 g/mol. The van der Waals surface area contributed by atoms with E-state index in [2.05, 4.69) is 41.5 Å². The molecule has 0 spiro atoms. The molecule has 1 aromatic rings. The summed E-state index contributed by atoms with van der Waals surface area (Å²) in [7, 11) is -1.99. The molecule has 1 aliphatic heterocycles. The summed E-state index contributed by atoms with van der Waals surface area (Å²) in [4.78, 5) is 0. The summed E-state index contributed by atoms with van der Waals surface area (Å²) in [5, 5.41) is 10.8. The van der Waals surface area contributed by atoms with Gasteiger partial charge in [-0.05, 0) is 28.3 Å². The van der Waals surface area contributed by atoms with Gasteiger partial charge in [-0.25, -0.2) is 0 Å². The van der Waals surface area contributed by atoms with Crippen molar-refractivity contribution in [2.24, 2.45) is 0 Å². The second-order valence-corrected chi connectivity index (χ2v) is 13.8. The predicted octanol–water partition coefficient (Wildman–Crippen LogP) is 5.04. The van der Waals surface area contributed by atoms with Crippen molar-refractivity contribution in [2.75, 3.05) is 6.61 Å². The van der Waals surface area contributed by atoms with Gasteiger partial charge in [0.2, 0.25) is 8.32 Å². The van der Waals surface area contributed by atoms with Crippen molar-refractivity contribution in [1.82, 2.24) is 0 Å². The Balaban J connectivity index is 1.99. The van der Waals surface area contributed by atoms with E-state index in [0.29, 0.717) is 29.8 Å². The van der Waals surface area contributed by atoms with Crippen molar-refractivity contribution >= 4 is 8.32 Å². The van der Waals surface area contributed by atoms with E-state index < -0.39 is 20.5 Å². The van der Waals surface area contributed by atoms with Crippen LogP contribution in [-0.4, -0.2) is 38.3 Å². The SMILES string of the molecule is CC(C)[Si](OCC1OC=C[C@@H](OCc2ccccc2)[C@@H]1O)(C(C)C)C(C)C. The molecule has 1 aromatic carbocycles. The van der Waals surface area contributed by atoms with Crippen LogP contribution in [0, 0.1) is 0 Å². The molecule has 0 aromatic heterocycles. The van der Waals surface area contributed by atoms with Gasteiger partial charge in [-0.3, -0.25) is 0 Å². The number of aliphatic hydroxyl groups excluding tert-OH is 1. The predicted molar refractivity (Wildman–Crippen MR) is 112 cm³/mol. The first kappa shape index (κ1) is 22.1. The lowest BCUT2D eigenvalue weighted by molar-refractivity contribution is -0.105. The van der Waals surface area contributed by atoms with E-state index >= 15 is 0 Å². The average Bonchev–Trinajstić information content (AvgIpc) is 2.62. The standard InChI is InChI=1S/C22H36O4Si/c1-16(2)27(17(3)4,18(5)6)26-15-21-22(23)20(12-13-24-21)25-14-19-10-8-7-9-11-19/h7-13,16-18,20-23H,14-15H2,1-6H3/t20-,21?,22+/m1/s1. The number of hydrogen-bond acceptors (Lipinski definition) is 4. The molecular formula is C22H36O4Si. The zero-order valence-electron chi connectivity index (χ0n) is 17.6. The van der Waals surface area contributed by atoms with Crippen LogP contribution in [0.1, 0.15) is 47.1 Å². The number of aliphatic hydroxyl groups is 1. The summed E-state index contributed by atoms with van der Waals surface area (Å²) in [5.74, 6) is 0. The minimum Gasteiger partial charge on any atom is -0.493 e. The Morgan fingerprint density at radius 2 is 1.59 bits per heavy atom. The van der Waals surface area contributed by atoms with Crippen LogP contribution in [0.25, 0.3) is 0 Å². The Morgan fingerprint density at radius 1 is 1.00 bits per heavy atom. The van der Waals surface area contributed by atoms with E-state index in [0.717, 1.165) is 5.56 Å². The summed E-state index contributed by atoms with van der Waals surface area (Å²) in [6.07, 6.45) is 1.89. The monoisotopic (exact) mass is 392 g/mol. The van der Waals surface area contributed by atoms with Crippen molar-refractivity contribution in [3.05, 3.63) is 48.2 Å². The molecule has 0 fully saturated rings. The van der Waals surface area contributed by atoms with Crippen LogP contribution in [0.2, 0.25) is 16.6 Å². The maximum Gasteiger partial charge on any atom is 0.200 e. The van der Waals surface area contributed by atoms with Crippen LogP contribution < -0.4 is 0 Å². The fraction of sp³-hybridized carbons (Fsp3) is 0.636. The first-order valence-corrected chi connectivity index (χ1v) is 12.2. The van der Waals surface area contributed by atoms with Crippen molar-refractivity contribution < 1.29 is 19.0 Å². The van der Waals surface area contributed by atoms with Crippen molar-refractivity contribution in [3.8, 4) is 0 Å². The van der Waals surface area contributed by atoms with Gasteiger partial charge in [-0.15, -0.1) is 0 Å². The minimum atomic E-state index is -1.99. The Morgan fingerprint density at radius 3 is 2.15 bits per heavy atom. The summed E-state index contributed by atoms with van der Waals surface area (Å²) < 4.78 is 18.2. The molecule has 1 unspecified atom stereocenters. The molecule has 0 radical (unpaired) electrons. The molecule has 1 heterocycles. The molecule has 27 heavy (non-hydrogen) atoms. The van der Waals surface area contributed by atoms with Gasteiger partial charge in [0, 0.05) is 0 Å². The Bertz CT molecular complexity index is 563. The summed E-state index contributed by atoms with van der Waals surface area (Å²) in [5.41, 5.74) is 2.58. The maximum atomic E-state index is 10.8. The van der Waals surface area contributed by atoms with Crippen LogP contribution in [0.3, 0.4) is 0 Å². The Kier molecular flexibility index (Phi) is 8.10. The van der Waals surface area contributed by atoms with Crippen molar-refractivity contribution in [1.29, 1.82) is 0 Å². The van der Waals surface area contributed by atoms with E-state index in [-0.39, 0.29) is 6.10 Å². The number of benzene rings is 1. The maximum absolute atomic E-state index is 10.8. The minimum absolute atomic E-state index is 0.388. The van der Waals surface area contributed by atoms with E-state index in [1.807, 2.05) is 30.3 Å². The average molecular weight is 393 g/mol. The van der Waals surface area contributed by atoms with Gasteiger partial charge < -0.3 is 19.0 Å². The third kappa shape index (κ3) is 5.22. The van der Waals surface area contributed by atoms with Gasteiger partial charge >= 0.3 is 0 Å². The van der Waals surface area contributed by atoms with E-state index in [1.54, 1.807) is 12.3 Å². The fourth-order valence-corrected chi connectivity index (χ4v) is 9.87. The number of rotatable bonds is 9. The molecule has 2 rings (SSSR count). The smallest absolute Gasteiger partial charge is 0.200 e. The molecule has 0 saturated heterocycles. The molecule has 0 aliphatic carbocycles. The lowest BCUT2D eigenvalue weighted by Gasteiger charge is -2.43. The van der Waals surface area contributed by atoms with Gasteiger partial charge in [0.15, 0.2) is 0 Å². The van der Waals surface area contributed by atoms with E-state index in [9.17, 15) is 5.11 Å². The third-order valence-corrected chi connectivity index (χ3v) is 11.8. The molecule has 4 nitrogen and oxygen atoms in total. The largest absolute Gasteiger partial charge is 0.493 e. The number of hydrogen-bond donors (Lipinski definition) is 1. The molecule has 1 N–H and O–H groups in total. The van der Waals surface area contributed by atoms with Crippen LogP contribution in [0.5, 0.6) is 0 Å². The highest BCUT2D eigenvalue weighted by Gasteiger charge is 2.46. The van der Waals surface area contributed by atoms with Gasteiger partial charge in [0.1, 0.15) is 18.3 Å². The Labute approximate surface area is 165 Å².